The molecular weight excluding hydrogens is 334 g/mol. The Morgan fingerprint density at radius 1 is 0.741 bits per heavy atom. The van der Waals surface area contributed by atoms with Crippen molar-refractivity contribution >= 4 is 5.69 Å². The van der Waals surface area contributed by atoms with E-state index in [0.29, 0.717) is 13.2 Å². The van der Waals surface area contributed by atoms with Crippen molar-refractivity contribution in [3.63, 3.8) is 0 Å². The van der Waals surface area contributed by atoms with Crippen molar-refractivity contribution in [2.24, 2.45) is 0 Å². The van der Waals surface area contributed by atoms with Gasteiger partial charge in [-0.25, -0.2) is 0 Å². The lowest BCUT2D eigenvalue weighted by atomic mass is 10.2. The molecule has 0 unspecified atom stereocenters. The minimum Gasteiger partial charge on any atom is -0.493 e. The van der Waals surface area contributed by atoms with Crippen LogP contribution in [0.5, 0.6) is 11.5 Å². The lowest BCUT2D eigenvalue weighted by Crippen LogP contribution is -2.06. The van der Waals surface area contributed by atoms with Gasteiger partial charge in [-0.15, -0.1) is 0 Å². The fourth-order valence-corrected chi connectivity index (χ4v) is 2.78. The van der Waals surface area contributed by atoms with Crippen molar-refractivity contribution in [2.45, 2.75) is 32.9 Å². The van der Waals surface area contributed by atoms with E-state index < -0.39 is 0 Å². The van der Waals surface area contributed by atoms with Crippen LogP contribution in [0.1, 0.15) is 30.9 Å². The van der Waals surface area contributed by atoms with Gasteiger partial charge in [0.25, 0.3) is 0 Å². The number of hydrogen-bond donors (Lipinski definition) is 1. The molecule has 0 saturated carbocycles. The Kier molecular flexibility index (Phi) is 7.16. The Labute approximate surface area is 162 Å². The van der Waals surface area contributed by atoms with E-state index in [1.807, 2.05) is 60.7 Å². The summed E-state index contributed by atoms with van der Waals surface area (Å²) in [6, 6.07) is 26.4. The van der Waals surface area contributed by atoms with Crippen LogP contribution in [0.15, 0.2) is 78.9 Å². The second-order valence-corrected chi connectivity index (χ2v) is 6.43. The first-order chi connectivity index (χ1) is 13.4. The number of unbranched alkanes of at least 4 members (excludes halogenated alkanes) is 1. The number of hydrogen-bond acceptors (Lipinski definition) is 3. The molecule has 0 atom stereocenters. The molecule has 0 aliphatic rings. The molecule has 0 radical (unpaired) electrons. The molecule has 3 heteroatoms. The third-order valence-corrected chi connectivity index (χ3v) is 4.32. The first-order valence-corrected chi connectivity index (χ1v) is 9.57. The van der Waals surface area contributed by atoms with E-state index in [9.17, 15) is 0 Å². The molecule has 3 nitrogen and oxygen atoms in total. The van der Waals surface area contributed by atoms with Crippen molar-refractivity contribution in [2.75, 3.05) is 11.9 Å². The summed E-state index contributed by atoms with van der Waals surface area (Å²) in [4.78, 5) is 0. The van der Waals surface area contributed by atoms with Gasteiger partial charge < -0.3 is 14.8 Å². The molecule has 3 aromatic carbocycles. The number of para-hydroxylation sites is 3. The van der Waals surface area contributed by atoms with Gasteiger partial charge >= 0.3 is 0 Å². The molecule has 0 aromatic heterocycles. The zero-order chi connectivity index (χ0) is 18.7. The third-order valence-electron chi connectivity index (χ3n) is 4.32. The fraction of sp³-hybridized carbons (Fsp3) is 0.250. The standard InChI is InChI=1S/C24H27NO2/c1-2-3-17-26-23-15-9-7-13-21(23)18-25-22-14-8-10-16-24(22)27-19-20-11-5-4-6-12-20/h4-16,25H,2-3,17-19H2,1H3. The van der Waals surface area contributed by atoms with Gasteiger partial charge in [0, 0.05) is 12.1 Å². The summed E-state index contributed by atoms with van der Waals surface area (Å²) >= 11 is 0. The second-order valence-electron chi connectivity index (χ2n) is 6.43. The van der Waals surface area contributed by atoms with Crippen LogP contribution in [0.2, 0.25) is 0 Å². The molecule has 0 saturated heterocycles. The van der Waals surface area contributed by atoms with E-state index in [0.717, 1.165) is 47.8 Å². The Balaban J connectivity index is 1.63. The zero-order valence-corrected chi connectivity index (χ0v) is 15.9. The monoisotopic (exact) mass is 361 g/mol. The van der Waals surface area contributed by atoms with Crippen molar-refractivity contribution in [3.05, 3.63) is 90.0 Å². The van der Waals surface area contributed by atoms with Crippen LogP contribution in [-0.4, -0.2) is 6.61 Å². The van der Waals surface area contributed by atoms with E-state index in [1.54, 1.807) is 0 Å². The Hall–Kier alpha value is -2.94. The van der Waals surface area contributed by atoms with Gasteiger partial charge in [0.05, 0.1) is 12.3 Å². The highest BCUT2D eigenvalue weighted by Gasteiger charge is 2.06. The van der Waals surface area contributed by atoms with Gasteiger partial charge in [-0.1, -0.05) is 74.0 Å². The van der Waals surface area contributed by atoms with E-state index in [1.165, 1.54) is 0 Å². The number of benzene rings is 3. The molecule has 3 rings (SSSR count). The van der Waals surface area contributed by atoms with Crippen LogP contribution in [0, 0.1) is 0 Å². The maximum Gasteiger partial charge on any atom is 0.142 e. The van der Waals surface area contributed by atoms with E-state index in [2.05, 4.69) is 30.4 Å². The Bertz CT molecular complexity index is 817. The predicted molar refractivity (Wildman–Crippen MR) is 111 cm³/mol. The number of ether oxygens (including phenoxy) is 2. The van der Waals surface area contributed by atoms with E-state index in [-0.39, 0.29) is 0 Å². The lowest BCUT2D eigenvalue weighted by molar-refractivity contribution is 0.305. The van der Waals surface area contributed by atoms with Crippen LogP contribution in [0.4, 0.5) is 5.69 Å². The predicted octanol–water partition coefficient (Wildman–Crippen LogP) is 6.06. The van der Waals surface area contributed by atoms with Gasteiger partial charge in [-0.05, 0) is 30.2 Å². The van der Waals surface area contributed by atoms with Crippen LogP contribution in [0.3, 0.4) is 0 Å². The van der Waals surface area contributed by atoms with Crippen molar-refractivity contribution in [3.8, 4) is 11.5 Å². The first kappa shape index (κ1) is 18.8. The molecule has 0 aliphatic heterocycles. The van der Waals surface area contributed by atoms with Gasteiger partial charge in [-0.3, -0.25) is 0 Å². The topological polar surface area (TPSA) is 30.5 Å². The second kappa shape index (κ2) is 10.3. The summed E-state index contributed by atoms with van der Waals surface area (Å²) in [5.74, 6) is 1.80. The molecule has 27 heavy (non-hydrogen) atoms. The van der Waals surface area contributed by atoms with Gasteiger partial charge in [0.2, 0.25) is 0 Å². The molecule has 0 fully saturated rings. The van der Waals surface area contributed by atoms with Crippen LogP contribution < -0.4 is 14.8 Å². The molecular formula is C24H27NO2. The number of nitrogens with one attached hydrogen (secondary N) is 1. The summed E-state index contributed by atoms with van der Waals surface area (Å²) in [5, 5.41) is 3.49. The molecule has 140 valence electrons. The average molecular weight is 361 g/mol. The average Bonchev–Trinajstić information content (AvgIpc) is 2.73. The van der Waals surface area contributed by atoms with Crippen molar-refractivity contribution in [1.29, 1.82) is 0 Å². The van der Waals surface area contributed by atoms with Crippen molar-refractivity contribution in [1.82, 2.24) is 0 Å². The normalized spacial score (nSPS) is 10.4. The highest BCUT2D eigenvalue weighted by atomic mass is 16.5. The zero-order valence-electron chi connectivity index (χ0n) is 15.9. The van der Waals surface area contributed by atoms with Gasteiger partial charge in [0.1, 0.15) is 18.1 Å². The molecule has 3 aromatic rings. The molecule has 1 N–H and O–H groups in total. The third kappa shape index (κ3) is 5.78. The minimum atomic E-state index is 0.552. The number of anilines is 1. The highest BCUT2D eigenvalue weighted by molar-refractivity contribution is 5.56. The maximum atomic E-state index is 6.03. The quantitative estimate of drug-likeness (QED) is 0.445. The lowest BCUT2D eigenvalue weighted by Gasteiger charge is -2.15. The van der Waals surface area contributed by atoms with Crippen LogP contribution in [0.25, 0.3) is 0 Å². The molecule has 0 bridgehead atoms. The largest absolute Gasteiger partial charge is 0.493 e. The Morgan fingerprint density at radius 2 is 1.44 bits per heavy atom. The van der Waals surface area contributed by atoms with Crippen LogP contribution >= 0.6 is 0 Å². The van der Waals surface area contributed by atoms with E-state index >= 15 is 0 Å². The van der Waals surface area contributed by atoms with Crippen LogP contribution in [-0.2, 0) is 13.2 Å². The summed E-state index contributed by atoms with van der Waals surface area (Å²) < 4.78 is 12.0. The molecule has 0 aliphatic carbocycles. The first-order valence-electron chi connectivity index (χ1n) is 9.57. The SMILES string of the molecule is CCCCOc1ccccc1CNc1ccccc1OCc1ccccc1. The summed E-state index contributed by atoms with van der Waals surface area (Å²) in [5.41, 5.74) is 3.28. The van der Waals surface area contributed by atoms with Crippen molar-refractivity contribution < 1.29 is 9.47 Å². The molecule has 0 amide bonds. The molecule has 0 heterocycles. The minimum absolute atomic E-state index is 0.552. The summed E-state index contributed by atoms with van der Waals surface area (Å²) in [7, 11) is 0. The maximum absolute atomic E-state index is 6.03. The Morgan fingerprint density at radius 3 is 2.26 bits per heavy atom. The highest BCUT2D eigenvalue weighted by Crippen LogP contribution is 2.27. The van der Waals surface area contributed by atoms with Gasteiger partial charge in [0.15, 0.2) is 0 Å². The summed E-state index contributed by atoms with van der Waals surface area (Å²) in [6.45, 7) is 4.16. The van der Waals surface area contributed by atoms with Gasteiger partial charge in [-0.2, -0.15) is 0 Å². The fourth-order valence-electron chi connectivity index (χ4n) is 2.78. The number of rotatable bonds is 10. The van der Waals surface area contributed by atoms with E-state index in [4.69, 9.17) is 9.47 Å². The smallest absolute Gasteiger partial charge is 0.142 e. The molecule has 0 spiro atoms. The summed E-state index contributed by atoms with van der Waals surface area (Å²) in [6.07, 6.45) is 2.20.